The minimum absolute atomic E-state index is 0.273. The topological polar surface area (TPSA) is 95.7 Å². The van der Waals surface area contributed by atoms with Crippen LogP contribution in [-0.2, 0) is 16.1 Å². The summed E-state index contributed by atoms with van der Waals surface area (Å²) < 4.78 is 0. The van der Waals surface area contributed by atoms with Crippen molar-refractivity contribution >= 4 is 40.8 Å². The van der Waals surface area contributed by atoms with Gasteiger partial charge >= 0.3 is 5.97 Å². The number of nitrogens with two attached hydrogens (primary N) is 1. The third-order valence-electron chi connectivity index (χ3n) is 3.18. The van der Waals surface area contributed by atoms with Gasteiger partial charge in [-0.05, 0) is 17.7 Å². The first-order chi connectivity index (χ1) is 11.0. The number of halogens is 2. The summed E-state index contributed by atoms with van der Waals surface area (Å²) in [6.07, 6.45) is -0.398. The van der Waals surface area contributed by atoms with E-state index in [1.807, 2.05) is 24.3 Å². The molecule has 0 aliphatic carbocycles. The molecular formula is C15H21Cl2N3O3. The lowest BCUT2D eigenvalue weighted by atomic mass is 10.1. The van der Waals surface area contributed by atoms with Crippen molar-refractivity contribution in [2.75, 3.05) is 29.7 Å². The summed E-state index contributed by atoms with van der Waals surface area (Å²) in [5.74, 6) is -0.618. The third-order valence-corrected chi connectivity index (χ3v) is 3.52. The molecule has 0 spiro atoms. The number of hydrogen-bond donors (Lipinski definition) is 3. The molecule has 0 unspecified atom stereocenters. The summed E-state index contributed by atoms with van der Waals surface area (Å²) >= 11 is 11.6. The molecule has 1 aromatic rings. The average molecular weight is 362 g/mol. The molecule has 0 fully saturated rings. The number of aliphatic carboxylic acids is 1. The largest absolute Gasteiger partial charge is 0.481 e. The molecule has 128 valence electrons. The van der Waals surface area contributed by atoms with Crippen LogP contribution in [0.4, 0.5) is 5.69 Å². The van der Waals surface area contributed by atoms with Crippen LogP contribution in [0.25, 0.3) is 0 Å². The molecule has 8 heteroatoms. The molecule has 1 amide bonds. The number of amides is 1. The minimum atomic E-state index is -1.10. The Labute approximate surface area is 145 Å². The van der Waals surface area contributed by atoms with E-state index < -0.39 is 24.3 Å². The van der Waals surface area contributed by atoms with Crippen LogP contribution in [0.2, 0.25) is 0 Å². The van der Waals surface area contributed by atoms with E-state index in [-0.39, 0.29) is 6.54 Å². The average Bonchev–Trinajstić information content (AvgIpc) is 2.52. The predicted octanol–water partition coefficient (Wildman–Crippen LogP) is 1.39. The van der Waals surface area contributed by atoms with E-state index in [0.29, 0.717) is 24.8 Å². The van der Waals surface area contributed by atoms with Crippen molar-refractivity contribution in [1.29, 1.82) is 0 Å². The first-order valence-corrected chi connectivity index (χ1v) is 8.25. The molecule has 0 bridgehead atoms. The lowest BCUT2D eigenvalue weighted by molar-refractivity contribution is -0.139. The van der Waals surface area contributed by atoms with Crippen molar-refractivity contribution < 1.29 is 14.7 Å². The summed E-state index contributed by atoms with van der Waals surface area (Å²) in [5.41, 5.74) is 7.36. The SMILES string of the molecule is N[C@H](CC(=O)O)C(=O)NCc1cccc(N(CCCl)CCCl)c1. The Morgan fingerprint density at radius 3 is 2.48 bits per heavy atom. The Hall–Kier alpha value is -1.50. The monoisotopic (exact) mass is 361 g/mol. The van der Waals surface area contributed by atoms with Crippen molar-refractivity contribution in [3.63, 3.8) is 0 Å². The maximum atomic E-state index is 11.7. The van der Waals surface area contributed by atoms with Crippen LogP contribution in [0.3, 0.4) is 0 Å². The highest BCUT2D eigenvalue weighted by Gasteiger charge is 2.16. The number of carboxylic acids is 1. The molecule has 1 aromatic carbocycles. The zero-order chi connectivity index (χ0) is 17.2. The Morgan fingerprint density at radius 2 is 1.91 bits per heavy atom. The van der Waals surface area contributed by atoms with Crippen molar-refractivity contribution in [2.45, 2.75) is 19.0 Å². The van der Waals surface area contributed by atoms with Gasteiger partial charge in [0.15, 0.2) is 0 Å². The molecule has 23 heavy (non-hydrogen) atoms. The van der Waals surface area contributed by atoms with E-state index in [0.717, 1.165) is 11.3 Å². The highest BCUT2D eigenvalue weighted by Crippen LogP contribution is 2.16. The smallest absolute Gasteiger partial charge is 0.305 e. The summed E-state index contributed by atoms with van der Waals surface area (Å²) in [7, 11) is 0. The molecule has 1 atom stereocenters. The Kier molecular flexibility index (Phi) is 8.76. The van der Waals surface area contributed by atoms with Crippen LogP contribution in [-0.4, -0.2) is 47.9 Å². The molecule has 0 heterocycles. The molecule has 0 radical (unpaired) electrons. The number of benzene rings is 1. The Bertz CT molecular complexity index is 522. The molecule has 0 aliphatic rings. The van der Waals surface area contributed by atoms with E-state index in [4.69, 9.17) is 34.0 Å². The van der Waals surface area contributed by atoms with E-state index in [1.54, 1.807) is 0 Å². The van der Waals surface area contributed by atoms with E-state index in [1.165, 1.54) is 0 Å². The summed E-state index contributed by atoms with van der Waals surface area (Å²) in [6.45, 7) is 1.62. The quantitative estimate of drug-likeness (QED) is 0.547. The molecular weight excluding hydrogens is 341 g/mol. The van der Waals surface area contributed by atoms with Gasteiger partial charge in [0, 0.05) is 37.1 Å². The fourth-order valence-electron chi connectivity index (χ4n) is 2.04. The lowest BCUT2D eigenvalue weighted by Gasteiger charge is -2.23. The predicted molar refractivity (Wildman–Crippen MR) is 92.2 cm³/mol. The van der Waals surface area contributed by atoms with Gasteiger partial charge in [-0.1, -0.05) is 12.1 Å². The number of alkyl halides is 2. The second-order valence-electron chi connectivity index (χ2n) is 4.96. The molecule has 6 nitrogen and oxygen atoms in total. The Morgan fingerprint density at radius 1 is 1.26 bits per heavy atom. The second-order valence-corrected chi connectivity index (χ2v) is 5.71. The fraction of sp³-hybridized carbons (Fsp3) is 0.467. The minimum Gasteiger partial charge on any atom is -0.481 e. The third kappa shape index (κ3) is 7.07. The molecule has 1 rings (SSSR count). The molecule has 4 N–H and O–H groups in total. The molecule has 0 aromatic heterocycles. The zero-order valence-electron chi connectivity index (χ0n) is 12.7. The number of anilines is 1. The number of carbonyl (C=O) groups excluding carboxylic acids is 1. The van der Waals surface area contributed by atoms with Crippen LogP contribution in [0, 0.1) is 0 Å². The maximum Gasteiger partial charge on any atom is 0.305 e. The van der Waals surface area contributed by atoms with Crippen molar-refractivity contribution in [3.8, 4) is 0 Å². The van der Waals surface area contributed by atoms with E-state index >= 15 is 0 Å². The maximum absolute atomic E-state index is 11.7. The van der Waals surface area contributed by atoms with Gasteiger partial charge < -0.3 is 21.1 Å². The fourth-order valence-corrected chi connectivity index (χ4v) is 2.45. The second kappa shape index (κ2) is 10.3. The first-order valence-electron chi connectivity index (χ1n) is 7.18. The number of nitrogens with one attached hydrogen (secondary N) is 1. The lowest BCUT2D eigenvalue weighted by Crippen LogP contribution is -2.41. The molecule has 0 saturated heterocycles. The van der Waals surface area contributed by atoms with Gasteiger partial charge in [-0.25, -0.2) is 0 Å². The van der Waals surface area contributed by atoms with E-state index in [9.17, 15) is 9.59 Å². The van der Waals surface area contributed by atoms with Gasteiger partial charge in [-0.2, -0.15) is 0 Å². The van der Waals surface area contributed by atoms with Gasteiger partial charge in [0.05, 0.1) is 12.5 Å². The van der Waals surface area contributed by atoms with Gasteiger partial charge in [0.1, 0.15) is 0 Å². The Balaban J connectivity index is 2.66. The highest BCUT2D eigenvalue weighted by atomic mass is 35.5. The van der Waals surface area contributed by atoms with Crippen LogP contribution < -0.4 is 16.0 Å². The summed E-state index contributed by atoms with van der Waals surface area (Å²) in [6, 6.07) is 6.57. The summed E-state index contributed by atoms with van der Waals surface area (Å²) in [5, 5.41) is 11.3. The number of carbonyl (C=O) groups is 2. The molecule has 0 saturated carbocycles. The van der Waals surface area contributed by atoms with Gasteiger partial charge in [-0.15, -0.1) is 23.2 Å². The van der Waals surface area contributed by atoms with Gasteiger partial charge in [0.25, 0.3) is 0 Å². The van der Waals surface area contributed by atoms with Crippen molar-refractivity contribution in [2.24, 2.45) is 5.73 Å². The van der Waals surface area contributed by atoms with E-state index in [2.05, 4.69) is 10.2 Å². The molecule has 0 aliphatic heterocycles. The van der Waals surface area contributed by atoms with Crippen LogP contribution in [0.1, 0.15) is 12.0 Å². The van der Waals surface area contributed by atoms with Gasteiger partial charge in [0.2, 0.25) is 5.91 Å². The summed E-state index contributed by atoms with van der Waals surface area (Å²) in [4.78, 5) is 24.3. The number of rotatable bonds is 10. The van der Waals surface area contributed by atoms with Crippen LogP contribution >= 0.6 is 23.2 Å². The first kappa shape index (κ1) is 19.5. The standard InChI is InChI=1S/C15H21Cl2N3O3/c16-4-6-20(7-5-17)12-3-1-2-11(8-12)10-19-15(23)13(18)9-14(21)22/h1-3,8,13H,4-7,9-10,18H2,(H,19,23)(H,21,22)/t13-/m1/s1. The normalized spacial score (nSPS) is 11.8. The number of nitrogens with zero attached hydrogens (tertiary/aromatic N) is 1. The number of carboxylic acid groups (broad SMARTS) is 1. The highest BCUT2D eigenvalue weighted by molar-refractivity contribution is 6.18. The van der Waals surface area contributed by atoms with Crippen LogP contribution in [0.5, 0.6) is 0 Å². The van der Waals surface area contributed by atoms with Crippen molar-refractivity contribution in [3.05, 3.63) is 29.8 Å². The van der Waals surface area contributed by atoms with Crippen LogP contribution in [0.15, 0.2) is 24.3 Å². The van der Waals surface area contributed by atoms with Crippen molar-refractivity contribution in [1.82, 2.24) is 5.32 Å². The number of hydrogen-bond acceptors (Lipinski definition) is 4. The zero-order valence-corrected chi connectivity index (χ0v) is 14.2. The van der Waals surface area contributed by atoms with Gasteiger partial charge in [-0.3, -0.25) is 9.59 Å².